The minimum absolute atomic E-state index is 0.441. The van der Waals surface area contributed by atoms with Crippen LogP contribution in [-0.4, -0.2) is 19.3 Å². The quantitative estimate of drug-likeness (QED) is 0.649. The molecule has 2 aromatic heterocycles. The molecule has 0 N–H and O–H groups in total. The molecule has 0 aliphatic carbocycles. The minimum atomic E-state index is 0.441. The van der Waals surface area contributed by atoms with E-state index in [1.165, 1.54) is 0 Å². The fourth-order valence-electron chi connectivity index (χ4n) is 0.820. The van der Waals surface area contributed by atoms with E-state index in [2.05, 4.69) is 9.97 Å². The molecule has 62 valence electrons. The van der Waals surface area contributed by atoms with E-state index in [-0.39, 0.29) is 0 Å². The van der Waals surface area contributed by atoms with E-state index in [9.17, 15) is 0 Å². The van der Waals surface area contributed by atoms with Crippen LogP contribution in [0.25, 0.3) is 0 Å². The van der Waals surface area contributed by atoms with E-state index in [4.69, 9.17) is 4.84 Å². The molecule has 0 radical (unpaired) electrons. The van der Waals surface area contributed by atoms with Crippen molar-refractivity contribution in [3.63, 3.8) is 0 Å². The SMILES string of the molecule is c1cn(COn2ccnc2)cn1. The van der Waals surface area contributed by atoms with Gasteiger partial charge in [0.15, 0.2) is 6.73 Å². The Hall–Kier alpha value is -1.78. The van der Waals surface area contributed by atoms with Crippen molar-refractivity contribution in [2.75, 3.05) is 0 Å². The summed E-state index contributed by atoms with van der Waals surface area (Å²) in [6.45, 7) is 0.441. The summed E-state index contributed by atoms with van der Waals surface area (Å²) >= 11 is 0. The lowest BCUT2D eigenvalue weighted by Gasteiger charge is -2.04. The first-order chi connectivity index (χ1) is 5.95. The Balaban J connectivity index is 1.91. The van der Waals surface area contributed by atoms with Gasteiger partial charge >= 0.3 is 0 Å². The zero-order chi connectivity index (χ0) is 8.23. The van der Waals surface area contributed by atoms with E-state index >= 15 is 0 Å². The molecule has 0 atom stereocenters. The maximum atomic E-state index is 5.27. The third kappa shape index (κ3) is 1.45. The highest BCUT2D eigenvalue weighted by Crippen LogP contribution is 1.86. The summed E-state index contributed by atoms with van der Waals surface area (Å²) in [5, 5.41) is 0. The second kappa shape index (κ2) is 3.08. The average Bonchev–Trinajstić information content (AvgIpc) is 2.74. The third-order valence-corrected chi connectivity index (χ3v) is 1.40. The lowest BCUT2D eigenvalue weighted by Crippen LogP contribution is -2.12. The van der Waals surface area contributed by atoms with Crippen LogP contribution in [0.1, 0.15) is 0 Å². The zero-order valence-corrected chi connectivity index (χ0v) is 6.37. The average molecular weight is 164 g/mol. The van der Waals surface area contributed by atoms with Crippen molar-refractivity contribution >= 4 is 0 Å². The summed E-state index contributed by atoms with van der Waals surface area (Å²) in [7, 11) is 0. The number of hydrogen-bond donors (Lipinski definition) is 0. The van der Waals surface area contributed by atoms with Gasteiger partial charge in [0.25, 0.3) is 0 Å². The molecule has 0 saturated heterocycles. The van der Waals surface area contributed by atoms with Crippen LogP contribution >= 0.6 is 0 Å². The zero-order valence-electron chi connectivity index (χ0n) is 6.37. The van der Waals surface area contributed by atoms with E-state index in [0.29, 0.717) is 6.73 Å². The molecular formula is C7H8N4O. The van der Waals surface area contributed by atoms with E-state index in [1.807, 2.05) is 10.8 Å². The standard InChI is InChI=1S/C7H8N4O/c1-3-10(5-8-1)7-12-11-4-2-9-6-11/h1-6H,7H2. The molecule has 12 heavy (non-hydrogen) atoms. The van der Waals surface area contributed by atoms with Crippen LogP contribution in [0.4, 0.5) is 0 Å². The maximum Gasteiger partial charge on any atom is 0.192 e. The molecule has 0 amide bonds. The Morgan fingerprint density at radius 3 is 2.58 bits per heavy atom. The molecule has 2 rings (SSSR count). The normalized spacial score (nSPS) is 10.0. The summed E-state index contributed by atoms with van der Waals surface area (Å²) in [4.78, 5) is 13.0. The van der Waals surface area contributed by atoms with Crippen LogP contribution in [0, 0.1) is 0 Å². The molecule has 0 unspecified atom stereocenters. The van der Waals surface area contributed by atoms with Crippen LogP contribution in [0.2, 0.25) is 0 Å². The van der Waals surface area contributed by atoms with Crippen molar-refractivity contribution in [2.45, 2.75) is 6.73 Å². The highest BCUT2D eigenvalue weighted by Gasteiger charge is 1.89. The first-order valence-electron chi connectivity index (χ1n) is 3.52. The number of nitrogens with zero attached hydrogens (tertiary/aromatic N) is 4. The van der Waals surface area contributed by atoms with Gasteiger partial charge in [-0.1, -0.05) is 0 Å². The Bertz CT molecular complexity index is 279. The maximum absolute atomic E-state index is 5.27. The predicted octanol–water partition coefficient (Wildman–Crippen LogP) is 0.166. The second-order valence-corrected chi connectivity index (χ2v) is 2.26. The molecular weight excluding hydrogens is 156 g/mol. The fraction of sp³-hybridized carbons (Fsp3) is 0.143. The summed E-state index contributed by atoms with van der Waals surface area (Å²) < 4.78 is 3.36. The number of aromatic nitrogens is 4. The molecule has 2 heterocycles. The minimum Gasteiger partial charge on any atom is -0.391 e. The van der Waals surface area contributed by atoms with Crippen LogP contribution in [0.15, 0.2) is 37.4 Å². The van der Waals surface area contributed by atoms with Gasteiger partial charge in [0.05, 0.1) is 12.5 Å². The van der Waals surface area contributed by atoms with E-state index in [1.54, 1.807) is 36.0 Å². The Labute approximate surface area is 69.2 Å². The highest BCUT2D eigenvalue weighted by molar-refractivity contribution is 4.73. The van der Waals surface area contributed by atoms with Gasteiger partial charge in [0, 0.05) is 18.6 Å². The molecule has 2 aromatic rings. The topological polar surface area (TPSA) is 44.9 Å². The van der Waals surface area contributed by atoms with Gasteiger partial charge in [-0.2, -0.15) is 4.73 Å². The van der Waals surface area contributed by atoms with Gasteiger partial charge in [-0.25, -0.2) is 9.97 Å². The molecule has 0 aliphatic rings. The summed E-state index contributed by atoms with van der Waals surface area (Å²) in [6.07, 6.45) is 10.2. The summed E-state index contributed by atoms with van der Waals surface area (Å²) in [5.74, 6) is 0. The second-order valence-electron chi connectivity index (χ2n) is 2.26. The Morgan fingerprint density at radius 1 is 1.08 bits per heavy atom. The van der Waals surface area contributed by atoms with Crippen molar-refractivity contribution in [1.82, 2.24) is 19.3 Å². The van der Waals surface area contributed by atoms with Gasteiger partial charge in [-0.05, 0) is 0 Å². The highest BCUT2D eigenvalue weighted by atomic mass is 16.7. The first kappa shape index (κ1) is 6.90. The van der Waals surface area contributed by atoms with Gasteiger partial charge in [0.2, 0.25) is 0 Å². The molecule has 0 saturated carbocycles. The Morgan fingerprint density at radius 2 is 1.92 bits per heavy atom. The monoisotopic (exact) mass is 164 g/mol. The fourth-order valence-corrected chi connectivity index (χ4v) is 0.820. The van der Waals surface area contributed by atoms with Crippen LogP contribution in [0.3, 0.4) is 0 Å². The molecule has 0 aromatic carbocycles. The van der Waals surface area contributed by atoms with Crippen molar-refractivity contribution in [3.8, 4) is 0 Å². The molecule has 0 aliphatic heterocycles. The molecule has 0 spiro atoms. The predicted molar refractivity (Wildman–Crippen MR) is 41.0 cm³/mol. The van der Waals surface area contributed by atoms with E-state index in [0.717, 1.165) is 0 Å². The van der Waals surface area contributed by atoms with Crippen LogP contribution < -0.4 is 4.84 Å². The first-order valence-corrected chi connectivity index (χ1v) is 3.52. The van der Waals surface area contributed by atoms with Gasteiger partial charge in [0.1, 0.15) is 6.33 Å². The Kier molecular flexibility index (Phi) is 1.77. The number of rotatable bonds is 3. The molecule has 0 bridgehead atoms. The smallest absolute Gasteiger partial charge is 0.192 e. The van der Waals surface area contributed by atoms with Crippen molar-refractivity contribution in [2.24, 2.45) is 0 Å². The van der Waals surface area contributed by atoms with E-state index < -0.39 is 0 Å². The molecule has 0 fully saturated rings. The van der Waals surface area contributed by atoms with Crippen molar-refractivity contribution in [3.05, 3.63) is 37.4 Å². The van der Waals surface area contributed by atoms with Gasteiger partial charge in [-0.3, -0.25) is 0 Å². The number of imidazole rings is 2. The summed E-state index contributed by atoms with van der Waals surface area (Å²) in [5.41, 5.74) is 0. The number of hydrogen-bond acceptors (Lipinski definition) is 3. The molecule has 5 heteroatoms. The van der Waals surface area contributed by atoms with Crippen LogP contribution in [-0.2, 0) is 6.73 Å². The van der Waals surface area contributed by atoms with Gasteiger partial charge in [-0.15, -0.1) is 0 Å². The van der Waals surface area contributed by atoms with Crippen molar-refractivity contribution in [1.29, 1.82) is 0 Å². The van der Waals surface area contributed by atoms with Crippen LogP contribution in [0.5, 0.6) is 0 Å². The molecule has 5 nitrogen and oxygen atoms in total. The van der Waals surface area contributed by atoms with Crippen molar-refractivity contribution < 1.29 is 4.84 Å². The largest absolute Gasteiger partial charge is 0.391 e. The lowest BCUT2D eigenvalue weighted by atomic mass is 10.9. The third-order valence-electron chi connectivity index (χ3n) is 1.40. The van der Waals surface area contributed by atoms with Gasteiger partial charge < -0.3 is 9.40 Å². The lowest BCUT2D eigenvalue weighted by molar-refractivity contribution is 0.0579. The summed E-state index contributed by atoms with van der Waals surface area (Å²) in [6, 6.07) is 0.